The topological polar surface area (TPSA) is 232 Å². The predicted molar refractivity (Wildman–Crippen MR) is 161 cm³/mol. The number of rotatable bonds is 14. The van der Waals surface area contributed by atoms with E-state index in [9.17, 15) is 38.4 Å². The Kier molecular flexibility index (Phi) is 15.8. The lowest BCUT2D eigenvalue weighted by Crippen LogP contribution is -2.69. The van der Waals surface area contributed by atoms with E-state index in [1.54, 1.807) is 0 Å². The summed E-state index contributed by atoms with van der Waals surface area (Å²) in [5.41, 5.74) is 0. The maximum Gasteiger partial charge on any atom is 0.303 e. The van der Waals surface area contributed by atoms with Gasteiger partial charge in [-0.05, 0) is 0 Å². The Balaban J connectivity index is 2.81. The van der Waals surface area contributed by atoms with Gasteiger partial charge in [-0.15, -0.1) is 6.58 Å². The van der Waals surface area contributed by atoms with Crippen molar-refractivity contribution in [1.82, 2.24) is 4.90 Å². The van der Waals surface area contributed by atoms with Crippen molar-refractivity contribution in [1.29, 1.82) is 0 Å². The van der Waals surface area contributed by atoms with Crippen LogP contribution in [0.2, 0.25) is 0 Å². The zero-order valence-corrected chi connectivity index (χ0v) is 29.0. The van der Waals surface area contributed by atoms with Crippen molar-refractivity contribution in [3.8, 4) is 0 Å². The van der Waals surface area contributed by atoms with Crippen molar-refractivity contribution in [3.05, 3.63) is 12.7 Å². The van der Waals surface area contributed by atoms with E-state index in [1.165, 1.54) is 13.0 Å². The molecular formula is C31H43NO18. The van der Waals surface area contributed by atoms with Crippen LogP contribution in [-0.4, -0.2) is 134 Å². The fraction of sp³-hybridized carbons (Fsp3) is 0.677. The quantitative estimate of drug-likeness (QED) is 0.127. The van der Waals surface area contributed by atoms with Gasteiger partial charge in [0.15, 0.2) is 43.0 Å². The molecule has 0 saturated carbocycles. The van der Waals surface area contributed by atoms with E-state index < -0.39 is 122 Å². The van der Waals surface area contributed by atoms with Crippen molar-refractivity contribution in [3.63, 3.8) is 0 Å². The largest absolute Gasteiger partial charge is 0.463 e. The molecule has 0 N–H and O–H groups in total. The molecule has 2 rings (SSSR count). The van der Waals surface area contributed by atoms with Gasteiger partial charge in [0.1, 0.15) is 31.5 Å². The molecule has 0 aromatic heterocycles. The molecular weight excluding hydrogens is 674 g/mol. The van der Waals surface area contributed by atoms with Crippen LogP contribution in [0.1, 0.15) is 55.4 Å². The summed E-state index contributed by atoms with van der Waals surface area (Å²) in [4.78, 5) is 99.2. The van der Waals surface area contributed by atoms with Gasteiger partial charge in [0.2, 0.25) is 5.91 Å². The number of carbonyl (C=O) groups excluding carboxylic acids is 8. The Morgan fingerprint density at radius 2 is 0.940 bits per heavy atom. The van der Waals surface area contributed by atoms with Crippen LogP contribution < -0.4 is 0 Å². The minimum absolute atomic E-state index is 0.129. The highest BCUT2D eigenvalue weighted by Crippen LogP contribution is 2.36. The van der Waals surface area contributed by atoms with Crippen molar-refractivity contribution >= 4 is 47.7 Å². The molecule has 0 unspecified atom stereocenters. The number of hydrogen-bond acceptors (Lipinski definition) is 18. The van der Waals surface area contributed by atoms with Gasteiger partial charge in [-0.3, -0.25) is 38.4 Å². The molecule has 2 heterocycles. The molecule has 0 aromatic rings. The van der Waals surface area contributed by atoms with Crippen LogP contribution in [0.15, 0.2) is 12.7 Å². The Bertz CT molecular complexity index is 1300. The van der Waals surface area contributed by atoms with Crippen LogP contribution in [0.5, 0.6) is 0 Å². The lowest BCUT2D eigenvalue weighted by atomic mass is 9.95. The minimum atomic E-state index is -1.83. The molecule has 10 atom stereocenters. The van der Waals surface area contributed by atoms with E-state index >= 15 is 0 Å². The number of carbonyl (C=O) groups is 8. The monoisotopic (exact) mass is 717 g/mol. The first kappa shape index (κ1) is 41.6. The molecule has 0 aliphatic carbocycles. The number of amides is 1. The summed E-state index contributed by atoms with van der Waals surface area (Å²) in [6.45, 7) is 10.9. The Morgan fingerprint density at radius 1 is 0.540 bits per heavy atom. The molecule has 0 bridgehead atoms. The van der Waals surface area contributed by atoms with Gasteiger partial charge in [-0.25, -0.2) is 0 Å². The SMILES string of the molecule is C=CCN(C(C)=O)[C@@H]1O[C@H](COC(C)=O)[C@@H](O[C@@H]2O[C@H](COC(C)=O)[C@@H](OC(C)=O)[C@H](OC(C)=O)[C@H]2OC(C)=O)[C@H](OC(C)=O)[C@H]1OC(C)=O. The van der Waals surface area contributed by atoms with Crippen molar-refractivity contribution < 1.29 is 85.7 Å². The maximum absolute atomic E-state index is 12.7. The highest BCUT2D eigenvalue weighted by atomic mass is 16.8. The zero-order valence-electron chi connectivity index (χ0n) is 29.0. The van der Waals surface area contributed by atoms with Gasteiger partial charge in [-0.1, -0.05) is 6.08 Å². The molecule has 280 valence electrons. The fourth-order valence-corrected chi connectivity index (χ4v) is 5.29. The second-order valence-electron chi connectivity index (χ2n) is 11.1. The van der Waals surface area contributed by atoms with Crippen LogP contribution in [0.4, 0.5) is 0 Å². The summed E-state index contributed by atoms with van der Waals surface area (Å²) < 4.78 is 56.2. The molecule has 2 aliphatic rings. The molecule has 0 aromatic carbocycles. The smallest absolute Gasteiger partial charge is 0.303 e. The number of esters is 7. The Labute approximate surface area is 287 Å². The molecule has 19 nitrogen and oxygen atoms in total. The van der Waals surface area contributed by atoms with Gasteiger partial charge in [0, 0.05) is 61.9 Å². The number of ether oxygens (including phenoxy) is 10. The highest BCUT2D eigenvalue weighted by molar-refractivity contribution is 5.74. The lowest BCUT2D eigenvalue weighted by molar-refractivity contribution is -0.350. The first-order chi connectivity index (χ1) is 23.4. The Morgan fingerprint density at radius 3 is 1.36 bits per heavy atom. The van der Waals surface area contributed by atoms with Crippen molar-refractivity contribution in [2.24, 2.45) is 0 Å². The van der Waals surface area contributed by atoms with E-state index in [0.717, 1.165) is 53.4 Å². The summed E-state index contributed by atoms with van der Waals surface area (Å²) in [6.07, 6.45) is -14.5. The molecule has 0 radical (unpaired) electrons. The van der Waals surface area contributed by atoms with Gasteiger partial charge in [0.05, 0.1) is 0 Å². The van der Waals surface area contributed by atoms with Crippen molar-refractivity contribution in [2.75, 3.05) is 19.8 Å². The summed E-state index contributed by atoms with van der Waals surface area (Å²) in [7, 11) is 0. The maximum atomic E-state index is 12.7. The van der Waals surface area contributed by atoms with E-state index in [-0.39, 0.29) is 6.54 Å². The van der Waals surface area contributed by atoms with E-state index in [1.807, 2.05) is 0 Å². The molecule has 19 heteroatoms. The molecule has 0 spiro atoms. The normalized spacial score (nSPS) is 28.9. The van der Waals surface area contributed by atoms with Gasteiger partial charge in [0.25, 0.3) is 0 Å². The third-order valence-corrected chi connectivity index (χ3v) is 6.94. The second-order valence-corrected chi connectivity index (χ2v) is 11.1. The van der Waals surface area contributed by atoms with Crippen LogP contribution in [0.3, 0.4) is 0 Å². The van der Waals surface area contributed by atoms with Gasteiger partial charge >= 0.3 is 41.8 Å². The minimum Gasteiger partial charge on any atom is -0.463 e. The van der Waals surface area contributed by atoms with E-state index in [2.05, 4.69) is 6.58 Å². The predicted octanol–water partition coefficient (Wildman–Crippen LogP) is -0.359. The molecule has 50 heavy (non-hydrogen) atoms. The third-order valence-electron chi connectivity index (χ3n) is 6.94. The van der Waals surface area contributed by atoms with Crippen LogP contribution in [-0.2, 0) is 85.7 Å². The number of nitrogens with zero attached hydrogens (tertiary/aromatic N) is 1. The lowest BCUT2D eigenvalue weighted by Gasteiger charge is -2.50. The summed E-state index contributed by atoms with van der Waals surface area (Å²) in [5.74, 6) is -6.61. The molecule has 2 saturated heterocycles. The highest BCUT2D eigenvalue weighted by Gasteiger charge is 2.58. The third kappa shape index (κ3) is 12.1. The van der Waals surface area contributed by atoms with Gasteiger partial charge < -0.3 is 52.3 Å². The second kappa shape index (κ2) is 19.0. The Hall–Kier alpha value is -4.62. The standard InChI is InChI=1S/C31H43NO18/c1-10-11-32(14(2)33)30-28(46-20(8)39)26(44-18(6)37)25(22(48-30)12-41-15(3)34)50-31-29(47-21(9)40)27(45-19(7)38)24(43-17(5)36)23(49-31)13-42-16(4)35/h10,22-31H,1,11-13H2,2-9H3/t22-,23-,24-,25-,26+,27+,28-,29-,30-,31+/m1/s1. The molecule has 2 aliphatic heterocycles. The summed E-state index contributed by atoms with van der Waals surface area (Å²) >= 11 is 0. The first-order valence-corrected chi connectivity index (χ1v) is 15.3. The van der Waals surface area contributed by atoms with Gasteiger partial charge in [-0.2, -0.15) is 0 Å². The summed E-state index contributed by atoms with van der Waals surface area (Å²) in [6, 6.07) is 0. The number of hydrogen-bond donors (Lipinski definition) is 0. The molecule has 1 amide bonds. The average molecular weight is 718 g/mol. The molecule has 2 fully saturated rings. The van der Waals surface area contributed by atoms with E-state index in [0.29, 0.717) is 0 Å². The zero-order chi connectivity index (χ0) is 37.9. The average Bonchev–Trinajstić information content (AvgIpc) is 2.97. The summed E-state index contributed by atoms with van der Waals surface area (Å²) in [5, 5.41) is 0. The van der Waals surface area contributed by atoms with Crippen LogP contribution in [0, 0.1) is 0 Å². The van der Waals surface area contributed by atoms with Crippen LogP contribution in [0.25, 0.3) is 0 Å². The first-order valence-electron chi connectivity index (χ1n) is 15.3. The van der Waals surface area contributed by atoms with E-state index in [4.69, 9.17) is 47.4 Å². The van der Waals surface area contributed by atoms with Crippen LogP contribution >= 0.6 is 0 Å². The van der Waals surface area contributed by atoms with Crippen molar-refractivity contribution in [2.45, 2.75) is 117 Å². The fourth-order valence-electron chi connectivity index (χ4n) is 5.29.